The Bertz CT molecular complexity index is 647. The Morgan fingerprint density at radius 3 is 2.62 bits per heavy atom. The van der Waals surface area contributed by atoms with Crippen molar-refractivity contribution in [1.29, 1.82) is 0 Å². The highest BCUT2D eigenvalue weighted by atomic mass is 79.9. The zero-order chi connectivity index (χ0) is 18.1. The first-order valence-corrected chi connectivity index (χ1v) is 8.42. The molecule has 1 saturated heterocycles. The highest BCUT2D eigenvalue weighted by molar-refractivity contribution is 9.10. The molecule has 2 heterocycles. The number of carbonyl (C=O) groups is 1. The minimum atomic E-state index is -0.531. The monoisotopic (exact) mass is 400 g/mol. The molecule has 1 aliphatic rings. The van der Waals surface area contributed by atoms with Gasteiger partial charge in [-0.05, 0) is 43.6 Å². The quantitative estimate of drug-likeness (QED) is 0.559. The highest BCUT2D eigenvalue weighted by Crippen LogP contribution is 2.29. The van der Waals surface area contributed by atoms with Crippen LogP contribution in [0.1, 0.15) is 27.7 Å². The molecule has 0 unspecified atom stereocenters. The van der Waals surface area contributed by atoms with Gasteiger partial charge in [0.05, 0.1) is 9.40 Å². The maximum atomic E-state index is 12.2. The largest absolute Gasteiger partial charge is 0.444 e. The van der Waals surface area contributed by atoms with Crippen LogP contribution in [0.2, 0.25) is 0 Å². The fraction of sp³-hybridized carbons (Fsp3) is 0.600. The SMILES string of the molecule is C[C@@H]1CN(c2ncc([N+](=O)[O-])cc2Br)CCN1C(=O)OC(C)(C)C. The van der Waals surface area contributed by atoms with E-state index in [-0.39, 0.29) is 17.8 Å². The predicted octanol–water partition coefficient (Wildman–Crippen LogP) is 3.20. The van der Waals surface area contributed by atoms with Crippen LogP contribution in [-0.2, 0) is 4.74 Å². The normalized spacial score (nSPS) is 18.5. The Hall–Kier alpha value is -1.90. The number of nitro groups is 1. The number of carbonyl (C=O) groups excluding carboxylic acids is 1. The molecule has 8 nitrogen and oxygen atoms in total. The molecule has 2 rings (SSSR count). The molecule has 1 aliphatic heterocycles. The van der Waals surface area contributed by atoms with Crippen molar-refractivity contribution in [1.82, 2.24) is 9.88 Å². The first-order chi connectivity index (χ1) is 11.1. The van der Waals surface area contributed by atoms with Crippen molar-refractivity contribution >= 4 is 33.5 Å². The van der Waals surface area contributed by atoms with Gasteiger partial charge in [0, 0.05) is 31.7 Å². The zero-order valence-corrected chi connectivity index (χ0v) is 15.7. The van der Waals surface area contributed by atoms with Gasteiger partial charge in [-0.2, -0.15) is 0 Å². The minimum absolute atomic E-state index is 0.0579. The molecule has 1 atom stereocenters. The number of ether oxygens (including phenoxy) is 1. The number of amides is 1. The zero-order valence-electron chi connectivity index (χ0n) is 14.2. The average molecular weight is 401 g/mol. The van der Waals surface area contributed by atoms with E-state index in [9.17, 15) is 14.9 Å². The van der Waals surface area contributed by atoms with Crippen LogP contribution in [-0.4, -0.2) is 52.2 Å². The molecule has 24 heavy (non-hydrogen) atoms. The number of pyridine rings is 1. The molecule has 1 aromatic rings. The summed E-state index contributed by atoms with van der Waals surface area (Å²) in [7, 11) is 0. The molecule has 0 bridgehead atoms. The molecule has 9 heteroatoms. The summed E-state index contributed by atoms with van der Waals surface area (Å²) in [4.78, 5) is 30.4. The summed E-state index contributed by atoms with van der Waals surface area (Å²) in [5.41, 5.74) is -0.595. The number of anilines is 1. The second-order valence-electron chi connectivity index (χ2n) is 6.72. The molecule has 0 N–H and O–H groups in total. The van der Waals surface area contributed by atoms with Gasteiger partial charge in [-0.25, -0.2) is 9.78 Å². The minimum Gasteiger partial charge on any atom is -0.444 e. The van der Waals surface area contributed by atoms with Crippen LogP contribution in [0.5, 0.6) is 0 Å². The average Bonchev–Trinajstić information content (AvgIpc) is 2.44. The predicted molar refractivity (Wildman–Crippen MR) is 93.2 cm³/mol. The van der Waals surface area contributed by atoms with Crippen LogP contribution in [0.25, 0.3) is 0 Å². The fourth-order valence-electron chi connectivity index (χ4n) is 2.49. The van der Waals surface area contributed by atoms with E-state index in [4.69, 9.17) is 4.74 Å². The molecule has 0 aliphatic carbocycles. The van der Waals surface area contributed by atoms with E-state index in [1.165, 1.54) is 12.3 Å². The van der Waals surface area contributed by atoms with E-state index >= 15 is 0 Å². The Morgan fingerprint density at radius 2 is 2.12 bits per heavy atom. The molecular formula is C15H21BrN4O4. The smallest absolute Gasteiger partial charge is 0.410 e. The van der Waals surface area contributed by atoms with E-state index in [0.29, 0.717) is 29.9 Å². The van der Waals surface area contributed by atoms with E-state index in [0.717, 1.165) is 0 Å². The summed E-state index contributed by atoms with van der Waals surface area (Å²) in [6.07, 6.45) is 0.913. The maximum absolute atomic E-state index is 12.2. The lowest BCUT2D eigenvalue weighted by molar-refractivity contribution is -0.385. The molecular weight excluding hydrogens is 380 g/mol. The number of halogens is 1. The summed E-state index contributed by atoms with van der Waals surface area (Å²) >= 11 is 3.34. The second-order valence-corrected chi connectivity index (χ2v) is 7.58. The van der Waals surface area contributed by atoms with Crippen molar-refractivity contribution in [2.45, 2.75) is 39.3 Å². The van der Waals surface area contributed by atoms with Crippen LogP contribution in [0.4, 0.5) is 16.3 Å². The van der Waals surface area contributed by atoms with E-state index in [1.807, 2.05) is 32.6 Å². The lowest BCUT2D eigenvalue weighted by atomic mass is 10.2. The molecule has 1 fully saturated rings. The lowest BCUT2D eigenvalue weighted by Crippen LogP contribution is -2.55. The number of aromatic nitrogens is 1. The summed E-state index contributed by atoms with van der Waals surface area (Å²) in [5, 5.41) is 10.8. The second kappa shape index (κ2) is 6.92. The van der Waals surface area contributed by atoms with Crippen molar-refractivity contribution in [3.63, 3.8) is 0 Å². The molecule has 132 valence electrons. The van der Waals surface area contributed by atoms with Gasteiger partial charge in [0.2, 0.25) is 0 Å². The van der Waals surface area contributed by atoms with Gasteiger partial charge < -0.3 is 14.5 Å². The first-order valence-electron chi connectivity index (χ1n) is 7.63. The Balaban J connectivity index is 2.08. The van der Waals surface area contributed by atoms with Crippen LogP contribution >= 0.6 is 15.9 Å². The van der Waals surface area contributed by atoms with Gasteiger partial charge in [-0.1, -0.05) is 0 Å². The summed E-state index contributed by atoms with van der Waals surface area (Å²) in [6.45, 7) is 9.10. The molecule has 1 aromatic heterocycles. The number of rotatable bonds is 2. The van der Waals surface area contributed by atoms with Crippen molar-refractivity contribution in [3.8, 4) is 0 Å². The van der Waals surface area contributed by atoms with Gasteiger partial charge in [-0.15, -0.1) is 0 Å². The Labute approximate surface area is 149 Å². The molecule has 0 saturated carbocycles. The van der Waals surface area contributed by atoms with Crippen molar-refractivity contribution < 1.29 is 14.5 Å². The fourth-order valence-corrected chi connectivity index (χ4v) is 3.08. The Morgan fingerprint density at radius 1 is 1.46 bits per heavy atom. The van der Waals surface area contributed by atoms with Crippen LogP contribution in [0, 0.1) is 10.1 Å². The number of hydrogen-bond donors (Lipinski definition) is 0. The molecule has 0 aromatic carbocycles. The highest BCUT2D eigenvalue weighted by Gasteiger charge is 2.32. The molecule has 0 spiro atoms. The van der Waals surface area contributed by atoms with Gasteiger partial charge in [0.25, 0.3) is 5.69 Å². The molecule has 0 radical (unpaired) electrons. The summed E-state index contributed by atoms with van der Waals surface area (Å²) < 4.78 is 5.99. The van der Waals surface area contributed by atoms with Gasteiger partial charge >= 0.3 is 6.09 Å². The standard InChI is InChI=1S/C15H21BrN4O4/c1-10-9-18(5-6-19(10)14(21)24-15(2,3)4)13-12(16)7-11(8-17-13)20(22)23/h7-8,10H,5-6,9H2,1-4H3/t10-/m1/s1. The van der Waals surface area contributed by atoms with Crippen molar-refractivity contribution in [2.75, 3.05) is 24.5 Å². The topological polar surface area (TPSA) is 88.8 Å². The molecule has 1 amide bonds. The lowest BCUT2D eigenvalue weighted by Gasteiger charge is -2.40. The third kappa shape index (κ3) is 4.34. The van der Waals surface area contributed by atoms with E-state index in [1.54, 1.807) is 4.90 Å². The number of nitrogens with zero attached hydrogens (tertiary/aromatic N) is 4. The summed E-state index contributed by atoms with van der Waals surface area (Å²) in [6, 6.07) is 1.38. The number of piperazine rings is 1. The van der Waals surface area contributed by atoms with Crippen LogP contribution in [0.3, 0.4) is 0 Å². The number of hydrogen-bond acceptors (Lipinski definition) is 6. The van der Waals surface area contributed by atoms with Crippen molar-refractivity contribution in [3.05, 3.63) is 26.9 Å². The van der Waals surface area contributed by atoms with E-state index < -0.39 is 10.5 Å². The van der Waals surface area contributed by atoms with Crippen LogP contribution < -0.4 is 4.90 Å². The Kier molecular flexibility index (Phi) is 5.32. The van der Waals surface area contributed by atoms with Gasteiger partial charge in [-0.3, -0.25) is 10.1 Å². The van der Waals surface area contributed by atoms with Crippen molar-refractivity contribution in [2.24, 2.45) is 0 Å². The van der Waals surface area contributed by atoms with Gasteiger partial charge in [0.1, 0.15) is 17.6 Å². The third-order valence-electron chi connectivity index (χ3n) is 3.57. The maximum Gasteiger partial charge on any atom is 0.410 e. The van der Waals surface area contributed by atoms with Crippen LogP contribution in [0.15, 0.2) is 16.7 Å². The van der Waals surface area contributed by atoms with Gasteiger partial charge in [0.15, 0.2) is 0 Å². The third-order valence-corrected chi connectivity index (χ3v) is 4.16. The first kappa shape index (κ1) is 18.4. The van der Waals surface area contributed by atoms with E-state index in [2.05, 4.69) is 20.9 Å². The summed E-state index contributed by atoms with van der Waals surface area (Å²) in [5.74, 6) is 0.635.